The number of rotatable bonds is 4. The van der Waals surface area contributed by atoms with Gasteiger partial charge in [0, 0.05) is 6.04 Å². The molecule has 0 bridgehead atoms. The van der Waals surface area contributed by atoms with E-state index >= 15 is 0 Å². The second-order valence-electron chi connectivity index (χ2n) is 6.21. The Bertz CT molecular complexity index is 329. The van der Waals surface area contributed by atoms with Crippen LogP contribution in [-0.2, 0) is 14.3 Å². The van der Waals surface area contributed by atoms with Gasteiger partial charge in [-0.1, -0.05) is 19.3 Å². The molecule has 0 saturated heterocycles. The zero-order valence-electron chi connectivity index (χ0n) is 13.1. The summed E-state index contributed by atoms with van der Waals surface area (Å²) in [7, 11) is 0. The van der Waals surface area contributed by atoms with Crippen molar-refractivity contribution in [2.75, 3.05) is 13.2 Å². The normalized spacial score (nSPS) is 16.6. The summed E-state index contributed by atoms with van der Waals surface area (Å²) in [6.07, 6.45) is 4.81. The molecule has 0 unspecified atom stereocenters. The minimum Gasteiger partial charge on any atom is -0.465 e. The second kappa shape index (κ2) is 7.50. The maximum atomic E-state index is 12.3. The summed E-state index contributed by atoms with van der Waals surface area (Å²) < 4.78 is 10.4. The molecule has 0 N–H and O–H groups in total. The molecule has 5 nitrogen and oxygen atoms in total. The van der Waals surface area contributed by atoms with Gasteiger partial charge in [-0.25, -0.2) is 4.79 Å². The number of nitrogens with zero attached hydrogens (tertiary/aromatic N) is 1. The van der Waals surface area contributed by atoms with E-state index in [1.807, 2.05) is 20.8 Å². The molecule has 0 aromatic heterocycles. The molecule has 1 rings (SSSR count). The fourth-order valence-corrected chi connectivity index (χ4v) is 2.40. The van der Waals surface area contributed by atoms with Crippen molar-refractivity contribution in [2.45, 2.75) is 71.4 Å². The summed E-state index contributed by atoms with van der Waals surface area (Å²) in [5.74, 6) is -0.371. The van der Waals surface area contributed by atoms with Crippen LogP contribution in [0.15, 0.2) is 0 Å². The highest BCUT2D eigenvalue weighted by Crippen LogP contribution is 2.24. The summed E-state index contributed by atoms with van der Waals surface area (Å²) >= 11 is 0. The van der Waals surface area contributed by atoms with E-state index in [2.05, 4.69) is 0 Å². The molecule has 1 aliphatic carbocycles. The van der Waals surface area contributed by atoms with E-state index in [1.165, 1.54) is 6.42 Å². The van der Waals surface area contributed by atoms with Gasteiger partial charge in [-0.3, -0.25) is 9.69 Å². The van der Waals surface area contributed by atoms with Crippen molar-refractivity contribution in [1.29, 1.82) is 0 Å². The highest BCUT2D eigenvalue weighted by Gasteiger charge is 2.31. The van der Waals surface area contributed by atoms with Gasteiger partial charge < -0.3 is 9.47 Å². The first kappa shape index (κ1) is 16.8. The van der Waals surface area contributed by atoms with Crippen LogP contribution >= 0.6 is 0 Å². The fourth-order valence-electron chi connectivity index (χ4n) is 2.40. The van der Waals surface area contributed by atoms with Crippen LogP contribution in [0.5, 0.6) is 0 Å². The average molecular weight is 285 g/mol. The zero-order valence-corrected chi connectivity index (χ0v) is 13.1. The number of amides is 1. The van der Waals surface area contributed by atoms with Crippen LogP contribution in [0.2, 0.25) is 0 Å². The fraction of sp³-hybridized carbons (Fsp3) is 0.867. The quantitative estimate of drug-likeness (QED) is 0.745. The van der Waals surface area contributed by atoms with Gasteiger partial charge in [0.15, 0.2) is 0 Å². The van der Waals surface area contributed by atoms with E-state index in [4.69, 9.17) is 9.47 Å². The highest BCUT2D eigenvalue weighted by atomic mass is 16.6. The van der Waals surface area contributed by atoms with Gasteiger partial charge in [0.1, 0.15) is 12.1 Å². The first-order valence-corrected chi connectivity index (χ1v) is 7.48. The number of hydrogen-bond donors (Lipinski definition) is 0. The smallest absolute Gasteiger partial charge is 0.411 e. The Hall–Kier alpha value is -1.26. The van der Waals surface area contributed by atoms with E-state index in [0.29, 0.717) is 6.61 Å². The minimum atomic E-state index is -0.557. The molecule has 5 heteroatoms. The van der Waals surface area contributed by atoms with Crippen molar-refractivity contribution in [1.82, 2.24) is 4.90 Å². The molecule has 1 saturated carbocycles. The number of hydrogen-bond acceptors (Lipinski definition) is 4. The standard InChI is InChI=1S/C15H27NO4/c1-5-19-13(17)11-16(12-9-7-6-8-10-12)14(18)20-15(2,3)4/h12H,5-11H2,1-4H3. The summed E-state index contributed by atoms with van der Waals surface area (Å²) in [6.45, 7) is 7.55. The van der Waals surface area contributed by atoms with Crippen molar-refractivity contribution < 1.29 is 19.1 Å². The van der Waals surface area contributed by atoms with Crippen molar-refractivity contribution >= 4 is 12.1 Å². The summed E-state index contributed by atoms with van der Waals surface area (Å²) in [5.41, 5.74) is -0.557. The number of esters is 1. The number of ether oxygens (including phenoxy) is 2. The number of carbonyl (C=O) groups is 2. The third kappa shape index (κ3) is 5.80. The Kier molecular flexibility index (Phi) is 6.30. The maximum Gasteiger partial charge on any atom is 0.411 e. The molecule has 0 aromatic carbocycles. The molecule has 0 atom stereocenters. The molecule has 0 radical (unpaired) electrons. The van der Waals surface area contributed by atoms with E-state index in [-0.39, 0.29) is 18.6 Å². The minimum absolute atomic E-state index is 0.0204. The molecule has 1 fully saturated rings. The highest BCUT2D eigenvalue weighted by molar-refractivity contribution is 5.78. The predicted octanol–water partition coefficient (Wildman–Crippen LogP) is 3.12. The molecule has 1 amide bonds. The Balaban J connectivity index is 2.71. The van der Waals surface area contributed by atoms with Crippen molar-refractivity contribution in [3.8, 4) is 0 Å². The van der Waals surface area contributed by atoms with Crippen LogP contribution < -0.4 is 0 Å². The van der Waals surface area contributed by atoms with Crippen LogP contribution in [-0.4, -0.2) is 41.8 Å². The first-order chi connectivity index (χ1) is 9.33. The van der Waals surface area contributed by atoms with Crippen LogP contribution in [0, 0.1) is 0 Å². The lowest BCUT2D eigenvalue weighted by molar-refractivity contribution is -0.145. The summed E-state index contributed by atoms with van der Waals surface area (Å²) in [6, 6.07) is 0.0861. The van der Waals surface area contributed by atoms with Crippen LogP contribution in [0.25, 0.3) is 0 Å². The van der Waals surface area contributed by atoms with Gasteiger partial charge in [0.2, 0.25) is 0 Å². The Morgan fingerprint density at radius 2 is 1.75 bits per heavy atom. The molecular formula is C15H27NO4. The van der Waals surface area contributed by atoms with Crippen molar-refractivity contribution in [3.63, 3.8) is 0 Å². The third-order valence-corrected chi connectivity index (χ3v) is 3.25. The third-order valence-electron chi connectivity index (χ3n) is 3.25. The topological polar surface area (TPSA) is 55.8 Å². The van der Waals surface area contributed by atoms with Gasteiger partial charge in [-0.2, -0.15) is 0 Å². The van der Waals surface area contributed by atoms with E-state index in [9.17, 15) is 9.59 Å². The van der Waals surface area contributed by atoms with Crippen LogP contribution in [0.1, 0.15) is 59.8 Å². The summed E-state index contributed by atoms with van der Waals surface area (Å²) in [5, 5.41) is 0. The molecular weight excluding hydrogens is 258 g/mol. The molecule has 0 spiro atoms. The maximum absolute atomic E-state index is 12.3. The zero-order chi connectivity index (χ0) is 15.2. The molecule has 20 heavy (non-hydrogen) atoms. The van der Waals surface area contributed by atoms with Crippen molar-refractivity contribution in [3.05, 3.63) is 0 Å². The second-order valence-corrected chi connectivity index (χ2v) is 6.21. The van der Waals surface area contributed by atoms with Crippen molar-refractivity contribution in [2.24, 2.45) is 0 Å². The van der Waals surface area contributed by atoms with Gasteiger partial charge in [0.05, 0.1) is 6.61 Å². The lowest BCUT2D eigenvalue weighted by atomic mass is 9.94. The van der Waals surface area contributed by atoms with Gasteiger partial charge in [-0.15, -0.1) is 0 Å². The predicted molar refractivity (Wildman–Crippen MR) is 76.4 cm³/mol. The van der Waals surface area contributed by atoms with Gasteiger partial charge in [-0.05, 0) is 40.5 Å². The van der Waals surface area contributed by atoms with Gasteiger partial charge in [0.25, 0.3) is 0 Å². The first-order valence-electron chi connectivity index (χ1n) is 7.48. The monoisotopic (exact) mass is 285 g/mol. The number of carbonyl (C=O) groups excluding carboxylic acids is 2. The van der Waals surface area contributed by atoms with E-state index in [1.54, 1.807) is 11.8 Å². The molecule has 1 aliphatic rings. The SMILES string of the molecule is CCOC(=O)CN(C(=O)OC(C)(C)C)C1CCCCC1. The van der Waals surface area contributed by atoms with Crippen LogP contribution in [0.4, 0.5) is 4.79 Å². The molecule has 0 aliphatic heterocycles. The van der Waals surface area contributed by atoms with Crippen LogP contribution in [0.3, 0.4) is 0 Å². The Morgan fingerprint density at radius 1 is 1.15 bits per heavy atom. The average Bonchev–Trinajstić information content (AvgIpc) is 2.35. The lowest BCUT2D eigenvalue weighted by Crippen LogP contribution is -2.47. The molecule has 0 heterocycles. The lowest BCUT2D eigenvalue weighted by Gasteiger charge is -2.34. The Morgan fingerprint density at radius 3 is 2.25 bits per heavy atom. The van der Waals surface area contributed by atoms with E-state index < -0.39 is 11.7 Å². The van der Waals surface area contributed by atoms with E-state index in [0.717, 1.165) is 25.7 Å². The van der Waals surface area contributed by atoms with Gasteiger partial charge >= 0.3 is 12.1 Å². The Labute approximate surface area is 121 Å². The summed E-state index contributed by atoms with van der Waals surface area (Å²) in [4.78, 5) is 25.5. The molecule has 116 valence electrons. The largest absolute Gasteiger partial charge is 0.465 e. The molecule has 0 aromatic rings.